The molecule has 22 heavy (non-hydrogen) atoms. The van der Waals surface area contributed by atoms with Crippen LogP contribution in [0, 0.1) is 17.0 Å². The summed E-state index contributed by atoms with van der Waals surface area (Å²) in [6.45, 7) is 6.89. The van der Waals surface area contributed by atoms with Gasteiger partial charge in [-0.2, -0.15) is 0 Å². The zero-order valence-corrected chi connectivity index (χ0v) is 13.7. The Morgan fingerprint density at radius 1 is 1.45 bits per heavy atom. The molecular weight excluding hydrogens is 300 g/mol. The largest absolute Gasteiger partial charge is 0.331 e. The van der Waals surface area contributed by atoms with Crippen LogP contribution in [0.1, 0.15) is 37.6 Å². The van der Waals surface area contributed by atoms with E-state index in [0.29, 0.717) is 11.3 Å². The normalized spacial score (nSPS) is 12.1. The van der Waals surface area contributed by atoms with Crippen molar-refractivity contribution in [3.8, 4) is 0 Å². The third-order valence-electron chi connectivity index (χ3n) is 3.41. The number of hydrogen-bond donors (Lipinski definition) is 2. The molecule has 1 atom stereocenters. The molecule has 0 aliphatic carbocycles. The lowest BCUT2D eigenvalue weighted by Crippen LogP contribution is -2.19. The lowest BCUT2D eigenvalue weighted by Gasteiger charge is -2.10. The van der Waals surface area contributed by atoms with Crippen molar-refractivity contribution in [2.24, 2.45) is 0 Å². The van der Waals surface area contributed by atoms with Crippen LogP contribution in [0.25, 0.3) is 0 Å². The van der Waals surface area contributed by atoms with Crippen LogP contribution in [0.2, 0.25) is 0 Å². The van der Waals surface area contributed by atoms with Gasteiger partial charge in [0.2, 0.25) is 0 Å². The van der Waals surface area contributed by atoms with Crippen LogP contribution in [0.3, 0.4) is 0 Å². The first-order valence-corrected chi connectivity index (χ1v) is 8.10. The van der Waals surface area contributed by atoms with Crippen LogP contribution in [0.5, 0.6) is 0 Å². The van der Waals surface area contributed by atoms with E-state index >= 15 is 0 Å². The van der Waals surface area contributed by atoms with Crippen molar-refractivity contribution in [1.29, 1.82) is 0 Å². The molecule has 2 rings (SSSR count). The third kappa shape index (κ3) is 3.80. The Labute approximate surface area is 133 Å². The lowest BCUT2D eigenvalue weighted by molar-refractivity contribution is -0.385. The third-order valence-corrected chi connectivity index (χ3v) is 4.19. The molecule has 2 N–H and O–H groups in total. The molecule has 7 heteroatoms. The molecule has 0 saturated heterocycles. The fourth-order valence-corrected chi connectivity index (χ4v) is 2.90. The van der Waals surface area contributed by atoms with E-state index in [2.05, 4.69) is 29.5 Å². The summed E-state index contributed by atoms with van der Waals surface area (Å²) in [4.78, 5) is 15.2. The van der Waals surface area contributed by atoms with Crippen LogP contribution in [-0.2, 0) is 0 Å². The highest BCUT2D eigenvalue weighted by atomic mass is 32.1. The predicted molar refractivity (Wildman–Crippen MR) is 89.9 cm³/mol. The Bertz CT molecular complexity index is 657. The summed E-state index contributed by atoms with van der Waals surface area (Å²) in [7, 11) is 0. The fourth-order valence-electron chi connectivity index (χ4n) is 2.08. The average Bonchev–Trinajstić information content (AvgIpc) is 2.95. The molecule has 1 heterocycles. The topological polar surface area (TPSA) is 80.1 Å². The van der Waals surface area contributed by atoms with Crippen molar-refractivity contribution in [2.75, 3.05) is 11.9 Å². The van der Waals surface area contributed by atoms with E-state index in [9.17, 15) is 10.1 Å². The van der Waals surface area contributed by atoms with E-state index in [4.69, 9.17) is 0 Å². The van der Waals surface area contributed by atoms with Gasteiger partial charge in [0.05, 0.1) is 21.9 Å². The summed E-state index contributed by atoms with van der Waals surface area (Å²) >= 11 is 1.50. The number of benzene rings is 1. The molecule has 0 aliphatic heterocycles. The summed E-state index contributed by atoms with van der Waals surface area (Å²) in [5.41, 5.74) is 2.41. The maximum atomic E-state index is 11.0. The second kappa shape index (κ2) is 7.33. The number of thiazole rings is 1. The highest BCUT2D eigenvalue weighted by Gasteiger charge is 2.15. The molecule has 0 amide bonds. The van der Waals surface area contributed by atoms with Crippen molar-refractivity contribution in [2.45, 2.75) is 33.2 Å². The Morgan fingerprint density at radius 3 is 2.91 bits per heavy atom. The van der Waals surface area contributed by atoms with Gasteiger partial charge < -0.3 is 10.6 Å². The first kappa shape index (κ1) is 16.4. The number of rotatable bonds is 7. The van der Waals surface area contributed by atoms with Gasteiger partial charge in [0, 0.05) is 17.5 Å². The number of hydrogen-bond acceptors (Lipinski definition) is 6. The number of aromatic nitrogens is 1. The number of nitro benzene ring substituents is 1. The highest BCUT2D eigenvalue weighted by molar-refractivity contribution is 7.13. The second-order valence-corrected chi connectivity index (χ2v) is 5.94. The first-order chi connectivity index (χ1) is 10.5. The minimum absolute atomic E-state index is 0.111. The Morgan fingerprint density at radius 2 is 2.23 bits per heavy atom. The van der Waals surface area contributed by atoms with Crippen molar-refractivity contribution in [3.05, 3.63) is 45.0 Å². The minimum atomic E-state index is -0.371. The maximum absolute atomic E-state index is 11.0. The summed E-state index contributed by atoms with van der Waals surface area (Å²) in [6.07, 6.45) is 1.08. The lowest BCUT2D eigenvalue weighted by atomic mass is 10.1. The molecule has 0 radical (unpaired) electrons. The predicted octanol–water partition coefficient (Wildman–Crippen LogP) is 4.16. The van der Waals surface area contributed by atoms with Crippen molar-refractivity contribution >= 4 is 27.8 Å². The smallest absolute Gasteiger partial charge is 0.274 e. The maximum Gasteiger partial charge on any atom is 0.274 e. The summed E-state index contributed by atoms with van der Waals surface area (Å²) in [5, 5.41) is 20.3. The van der Waals surface area contributed by atoms with E-state index in [1.807, 2.05) is 11.4 Å². The zero-order chi connectivity index (χ0) is 16.1. The van der Waals surface area contributed by atoms with Crippen LogP contribution in [0.4, 0.5) is 16.5 Å². The number of anilines is 2. The van der Waals surface area contributed by atoms with Gasteiger partial charge in [0.15, 0.2) is 5.13 Å². The number of nitrogens with zero attached hydrogens (tertiary/aromatic N) is 2. The van der Waals surface area contributed by atoms with Crippen molar-refractivity contribution in [3.63, 3.8) is 0 Å². The van der Waals surface area contributed by atoms with E-state index in [1.54, 1.807) is 13.0 Å². The summed E-state index contributed by atoms with van der Waals surface area (Å²) in [6, 6.07) is 5.19. The standard InChI is InChI=1S/C15H20N4O2S/c1-4-8-16-11(3)13-9-22-15(18-13)17-12-6-5-7-14(10(12)2)19(20)21/h5-7,9,11,16H,4,8H2,1-3H3,(H,17,18). The first-order valence-electron chi connectivity index (χ1n) is 7.22. The van der Waals surface area contributed by atoms with Gasteiger partial charge in [-0.15, -0.1) is 11.3 Å². The molecule has 6 nitrogen and oxygen atoms in total. The van der Waals surface area contributed by atoms with Crippen LogP contribution in [-0.4, -0.2) is 16.5 Å². The van der Waals surface area contributed by atoms with Gasteiger partial charge in [-0.1, -0.05) is 13.0 Å². The molecule has 0 fully saturated rings. The minimum Gasteiger partial charge on any atom is -0.331 e. The van der Waals surface area contributed by atoms with E-state index in [-0.39, 0.29) is 16.7 Å². The molecule has 2 aromatic rings. The van der Waals surface area contributed by atoms with E-state index in [1.165, 1.54) is 17.4 Å². The van der Waals surface area contributed by atoms with E-state index < -0.39 is 0 Å². The molecule has 0 spiro atoms. The molecule has 118 valence electrons. The monoisotopic (exact) mass is 320 g/mol. The summed E-state index contributed by atoms with van der Waals surface area (Å²) in [5.74, 6) is 0. The quantitative estimate of drug-likeness (QED) is 0.591. The van der Waals surface area contributed by atoms with Gasteiger partial charge in [0.1, 0.15) is 0 Å². The van der Waals surface area contributed by atoms with Crippen LogP contribution < -0.4 is 10.6 Å². The average molecular weight is 320 g/mol. The molecule has 1 aromatic carbocycles. The Hall–Kier alpha value is -1.99. The Kier molecular flexibility index (Phi) is 5.46. The highest BCUT2D eigenvalue weighted by Crippen LogP contribution is 2.29. The van der Waals surface area contributed by atoms with Gasteiger partial charge in [0.25, 0.3) is 5.69 Å². The molecule has 1 aromatic heterocycles. The zero-order valence-electron chi connectivity index (χ0n) is 12.9. The number of nitrogens with one attached hydrogen (secondary N) is 2. The second-order valence-electron chi connectivity index (χ2n) is 5.09. The van der Waals surface area contributed by atoms with Crippen molar-refractivity contribution in [1.82, 2.24) is 10.3 Å². The van der Waals surface area contributed by atoms with Gasteiger partial charge in [-0.3, -0.25) is 10.1 Å². The van der Waals surface area contributed by atoms with Crippen LogP contribution >= 0.6 is 11.3 Å². The van der Waals surface area contributed by atoms with Gasteiger partial charge >= 0.3 is 0 Å². The van der Waals surface area contributed by atoms with Crippen molar-refractivity contribution < 1.29 is 4.92 Å². The van der Waals surface area contributed by atoms with Gasteiger partial charge in [-0.25, -0.2) is 4.98 Å². The SMILES string of the molecule is CCCNC(C)c1csc(Nc2cccc([N+](=O)[O-])c2C)n1. The number of nitro groups is 1. The van der Waals surface area contributed by atoms with Crippen LogP contribution in [0.15, 0.2) is 23.6 Å². The molecule has 0 aliphatic rings. The van der Waals surface area contributed by atoms with Gasteiger partial charge in [-0.05, 0) is 32.9 Å². The molecule has 1 unspecified atom stereocenters. The molecular formula is C15H20N4O2S. The Balaban J connectivity index is 2.13. The molecule has 0 saturated carbocycles. The summed E-state index contributed by atoms with van der Waals surface area (Å²) < 4.78 is 0. The fraction of sp³-hybridized carbons (Fsp3) is 0.400. The van der Waals surface area contributed by atoms with E-state index in [0.717, 1.165) is 23.8 Å². The molecule has 0 bridgehead atoms.